The molecule has 0 aliphatic carbocycles. The Morgan fingerprint density at radius 1 is 1.18 bits per heavy atom. The minimum atomic E-state index is -0.940. The normalized spacial score (nSPS) is 17.6. The summed E-state index contributed by atoms with van der Waals surface area (Å²) >= 11 is 0. The number of rotatable bonds is 5. The molecule has 0 bridgehead atoms. The van der Waals surface area contributed by atoms with Gasteiger partial charge in [0.1, 0.15) is 11.9 Å². The predicted octanol–water partition coefficient (Wildman–Crippen LogP) is 3.20. The molecule has 4 aromatic rings. The van der Waals surface area contributed by atoms with E-state index in [2.05, 4.69) is 30.5 Å². The maximum atomic E-state index is 14.6. The Kier molecular flexibility index (Phi) is 5.77. The second kappa shape index (κ2) is 9.03. The standard InChI is InChI=1S/C27H28FN7O3/c1-15-6-7-35-19(13-31-25(35)23(15)28)24-17-11-32-26(36)22(17)18(12-30-24)33-21-5-4-16(10-29-21)34-8-9-38-20(14-34)27(2,3)37/h4-7,10,12-13,20,37H,8-9,11,14H2,1-3H3,(H,29,33)(H,32,36)/t20-/m1/s1. The Hall–Kier alpha value is -4.09. The molecule has 2 aliphatic heterocycles. The highest BCUT2D eigenvalue weighted by molar-refractivity contribution is 6.05. The highest BCUT2D eigenvalue weighted by Crippen LogP contribution is 2.34. The molecule has 196 valence electrons. The molecule has 6 rings (SSSR count). The number of ether oxygens (including phenoxy) is 1. The molecule has 1 fully saturated rings. The van der Waals surface area contributed by atoms with Crippen LogP contribution < -0.4 is 15.5 Å². The number of nitrogens with one attached hydrogen (secondary N) is 2. The number of anilines is 3. The van der Waals surface area contributed by atoms with Crippen LogP contribution in [0.3, 0.4) is 0 Å². The van der Waals surface area contributed by atoms with Crippen LogP contribution in [0.5, 0.6) is 0 Å². The number of hydrogen-bond acceptors (Lipinski definition) is 8. The number of pyridine rings is 3. The number of amides is 1. The molecule has 0 radical (unpaired) electrons. The molecular formula is C27H28FN7O3. The van der Waals surface area contributed by atoms with Gasteiger partial charge in [0.2, 0.25) is 0 Å². The molecule has 6 heterocycles. The van der Waals surface area contributed by atoms with Crippen molar-refractivity contribution in [3.05, 3.63) is 65.5 Å². The fourth-order valence-electron chi connectivity index (χ4n) is 4.94. The molecular weight excluding hydrogens is 489 g/mol. The van der Waals surface area contributed by atoms with E-state index in [1.165, 1.54) is 0 Å². The van der Waals surface area contributed by atoms with Crippen LogP contribution in [0.2, 0.25) is 0 Å². The largest absolute Gasteiger partial charge is 0.388 e. The lowest BCUT2D eigenvalue weighted by molar-refractivity contribution is -0.0928. The maximum absolute atomic E-state index is 14.6. The number of aromatic nitrogens is 4. The van der Waals surface area contributed by atoms with Crippen LogP contribution in [-0.4, -0.2) is 61.8 Å². The van der Waals surface area contributed by atoms with Crippen molar-refractivity contribution in [3.63, 3.8) is 0 Å². The first-order valence-corrected chi connectivity index (χ1v) is 12.5. The first kappa shape index (κ1) is 24.3. The SMILES string of the molecule is Cc1ccn2c(-c3ncc(Nc4ccc(N5CCO[C@@H](C(C)(C)O)C5)cn4)c4c3CNC4=O)cnc2c1F. The third kappa shape index (κ3) is 4.13. The van der Waals surface area contributed by atoms with Crippen molar-refractivity contribution >= 4 is 28.7 Å². The first-order valence-electron chi connectivity index (χ1n) is 12.5. The minimum Gasteiger partial charge on any atom is -0.388 e. The van der Waals surface area contributed by atoms with E-state index < -0.39 is 5.60 Å². The third-order valence-corrected chi connectivity index (χ3v) is 7.12. The molecule has 1 atom stereocenters. The molecule has 0 spiro atoms. The number of hydrogen-bond donors (Lipinski definition) is 3. The van der Waals surface area contributed by atoms with E-state index in [0.29, 0.717) is 65.8 Å². The molecule has 0 unspecified atom stereocenters. The van der Waals surface area contributed by atoms with Gasteiger partial charge in [-0.3, -0.25) is 14.2 Å². The summed E-state index contributed by atoms with van der Waals surface area (Å²) in [5.74, 6) is -0.0421. The van der Waals surface area contributed by atoms with Gasteiger partial charge >= 0.3 is 0 Å². The maximum Gasteiger partial charge on any atom is 0.254 e. The summed E-state index contributed by atoms with van der Waals surface area (Å²) in [6, 6.07) is 5.47. The van der Waals surface area contributed by atoms with Crippen molar-refractivity contribution in [2.45, 2.75) is 39.0 Å². The summed E-state index contributed by atoms with van der Waals surface area (Å²) < 4.78 is 22.0. The minimum absolute atomic E-state index is 0.216. The molecule has 3 N–H and O–H groups in total. The Bertz CT molecular complexity index is 1550. The fraction of sp³-hybridized carbons (Fsp3) is 0.333. The molecule has 1 amide bonds. The lowest BCUT2D eigenvalue weighted by Gasteiger charge is -2.39. The Labute approximate surface area is 218 Å². The van der Waals surface area contributed by atoms with Gasteiger partial charge in [0.25, 0.3) is 5.91 Å². The average molecular weight is 518 g/mol. The van der Waals surface area contributed by atoms with Gasteiger partial charge in [-0.2, -0.15) is 0 Å². The Morgan fingerprint density at radius 2 is 2.03 bits per heavy atom. The van der Waals surface area contributed by atoms with Crippen LogP contribution in [0.4, 0.5) is 21.6 Å². The summed E-state index contributed by atoms with van der Waals surface area (Å²) in [6.07, 6.45) is 6.38. The topological polar surface area (TPSA) is 117 Å². The lowest BCUT2D eigenvalue weighted by atomic mass is 10.00. The van der Waals surface area contributed by atoms with Gasteiger partial charge in [0.05, 0.1) is 59.1 Å². The second-order valence-corrected chi connectivity index (χ2v) is 10.2. The van der Waals surface area contributed by atoms with Crippen LogP contribution in [0.1, 0.15) is 35.3 Å². The van der Waals surface area contributed by atoms with E-state index in [-0.39, 0.29) is 23.5 Å². The van der Waals surface area contributed by atoms with Crippen molar-refractivity contribution < 1.29 is 19.0 Å². The van der Waals surface area contributed by atoms with Gasteiger partial charge in [-0.1, -0.05) is 0 Å². The molecule has 0 saturated carbocycles. The first-order chi connectivity index (χ1) is 18.2. The zero-order chi connectivity index (χ0) is 26.6. The molecule has 1 saturated heterocycles. The molecule has 10 nitrogen and oxygen atoms in total. The highest BCUT2D eigenvalue weighted by atomic mass is 19.1. The number of aryl methyl sites for hydroxylation is 1. The number of carbonyl (C=O) groups excluding carboxylic acids is 1. The summed E-state index contributed by atoms with van der Waals surface area (Å²) in [5.41, 5.74) is 3.59. The van der Waals surface area contributed by atoms with Crippen molar-refractivity contribution in [2.24, 2.45) is 0 Å². The highest BCUT2D eigenvalue weighted by Gasteiger charge is 2.33. The molecule has 2 aliphatic rings. The average Bonchev–Trinajstić information content (AvgIpc) is 3.51. The smallest absolute Gasteiger partial charge is 0.254 e. The van der Waals surface area contributed by atoms with Crippen molar-refractivity contribution in [1.82, 2.24) is 24.7 Å². The molecule has 0 aromatic carbocycles. The number of morpholine rings is 1. The predicted molar refractivity (Wildman–Crippen MR) is 140 cm³/mol. The number of imidazole rings is 1. The number of halogens is 1. The summed E-state index contributed by atoms with van der Waals surface area (Å²) in [4.78, 5) is 28.4. The van der Waals surface area contributed by atoms with Crippen LogP contribution in [0, 0.1) is 12.7 Å². The number of fused-ring (bicyclic) bond motifs is 2. The zero-order valence-electron chi connectivity index (χ0n) is 21.3. The van der Waals surface area contributed by atoms with Crippen molar-refractivity contribution in [2.75, 3.05) is 29.9 Å². The van der Waals surface area contributed by atoms with Crippen LogP contribution in [0.15, 0.2) is 43.0 Å². The van der Waals surface area contributed by atoms with E-state index in [9.17, 15) is 14.3 Å². The number of aliphatic hydroxyl groups is 1. The van der Waals surface area contributed by atoms with Crippen LogP contribution in [0.25, 0.3) is 17.0 Å². The number of carbonyl (C=O) groups is 1. The van der Waals surface area contributed by atoms with Gasteiger partial charge in [0, 0.05) is 31.4 Å². The zero-order valence-corrected chi connectivity index (χ0v) is 21.3. The van der Waals surface area contributed by atoms with E-state index >= 15 is 0 Å². The van der Waals surface area contributed by atoms with Gasteiger partial charge in [-0.15, -0.1) is 0 Å². The second-order valence-electron chi connectivity index (χ2n) is 10.2. The molecule has 4 aromatic heterocycles. The third-order valence-electron chi connectivity index (χ3n) is 7.12. The monoisotopic (exact) mass is 517 g/mol. The van der Waals surface area contributed by atoms with Gasteiger partial charge < -0.3 is 25.4 Å². The van der Waals surface area contributed by atoms with Gasteiger partial charge in [-0.05, 0) is 44.5 Å². The quantitative estimate of drug-likeness (QED) is 0.370. The number of nitrogens with zero attached hydrogens (tertiary/aromatic N) is 5. The van der Waals surface area contributed by atoms with Crippen molar-refractivity contribution in [1.29, 1.82) is 0 Å². The van der Waals surface area contributed by atoms with E-state index in [1.807, 2.05) is 12.1 Å². The van der Waals surface area contributed by atoms with Crippen LogP contribution in [-0.2, 0) is 11.3 Å². The summed E-state index contributed by atoms with van der Waals surface area (Å²) in [7, 11) is 0. The van der Waals surface area contributed by atoms with E-state index in [1.54, 1.807) is 56.0 Å². The fourth-order valence-corrected chi connectivity index (χ4v) is 4.94. The summed E-state index contributed by atoms with van der Waals surface area (Å²) in [6.45, 7) is 7.27. The lowest BCUT2D eigenvalue weighted by Crippen LogP contribution is -2.52. The van der Waals surface area contributed by atoms with Gasteiger partial charge in [-0.25, -0.2) is 14.4 Å². The van der Waals surface area contributed by atoms with E-state index in [4.69, 9.17) is 4.74 Å². The molecule has 11 heteroatoms. The Morgan fingerprint density at radius 3 is 2.79 bits per heavy atom. The Balaban J connectivity index is 1.28. The van der Waals surface area contributed by atoms with Gasteiger partial charge in [0.15, 0.2) is 11.5 Å². The van der Waals surface area contributed by atoms with Crippen molar-refractivity contribution in [3.8, 4) is 11.4 Å². The van der Waals surface area contributed by atoms with Crippen LogP contribution >= 0.6 is 0 Å². The molecule has 38 heavy (non-hydrogen) atoms. The van der Waals surface area contributed by atoms with E-state index in [0.717, 1.165) is 5.69 Å². The summed E-state index contributed by atoms with van der Waals surface area (Å²) in [5, 5.41) is 16.4.